The molecule has 0 radical (unpaired) electrons. The number of nitrogens with one attached hydrogen (secondary N) is 1. The minimum Gasteiger partial charge on any atom is -0.357 e. The molecule has 0 aliphatic rings. The second kappa shape index (κ2) is 14.6. The molecule has 7 nitrogen and oxygen atoms in total. The summed E-state index contributed by atoms with van der Waals surface area (Å²) in [6.07, 6.45) is 2.15. The monoisotopic (exact) mass is 635 g/mol. The molecule has 10 heteroatoms. The van der Waals surface area contributed by atoms with Crippen LogP contribution in [0.3, 0.4) is 0 Å². The van der Waals surface area contributed by atoms with Gasteiger partial charge in [-0.2, -0.15) is 0 Å². The second-order valence-corrected chi connectivity index (χ2v) is 13.2. The molecule has 0 fully saturated rings. The van der Waals surface area contributed by atoms with Crippen LogP contribution in [0.2, 0.25) is 5.02 Å². The Balaban J connectivity index is 1.78. The summed E-state index contributed by atoms with van der Waals surface area (Å²) in [6, 6.07) is 29.0. The number of benzene rings is 4. The number of anilines is 1. The van der Waals surface area contributed by atoms with Crippen molar-refractivity contribution in [2.75, 3.05) is 24.2 Å². The number of sulfonamides is 1. The summed E-state index contributed by atoms with van der Waals surface area (Å²) in [5.74, 6) is -0.897. The summed E-state index contributed by atoms with van der Waals surface area (Å²) in [7, 11) is -2.64. The van der Waals surface area contributed by atoms with Gasteiger partial charge in [0.2, 0.25) is 11.8 Å². The Bertz CT molecular complexity index is 1650. The van der Waals surface area contributed by atoms with Crippen molar-refractivity contribution in [1.82, 2.24) is 10.2 Å². The summed E-state index contributed by atoms with van der Waals surface area (Å²) in [4.78, 5) is 30.1. The summed E-state index contributed by atoms with van der Waals surface area (Å²) >= 11 is 7.76. The van der Waals surface area contributed by atoms with Crippen LogP contribution >= 0.6 is 23.4 Å². The lowest BCUT2D eigenvalue weighted by Gasteiger charge is -2.33. The highest BCUT2D eigenvalue weighted by atomic mass is 35.5. The van der Waals surface area contributed by atoms with Gasteiger partial charge < -0.3 is 10.2 Å². The predicted octanol–water partition coefficient (Wildman–Crippen LogP) is 5.95. The average Bonchev–Trinajstić information content (AvgIpc) is 3.02. The molecule has 43 heavy (non-hydrogen) atoms. The van der Waals surface area contributed by atoms with Crippen LogP contribution in [-0.2, 0) is 32.6 Å². The number of hydrogen-bond acceptors (Lipinski definition) is 5. The molecule has 0 spiro atoms. The van der Waals surface area contributed by atoms with Crippen molar-refractivity contribution >= 4 is 50.9 Å². The van der Waals surface area contributed by atoms with Gasteiger partial charge in [-0.3, -0.25) is 13.9 Å². The first-order valence-corrected chi connectivity index (χ1v) is 16.7. The number of halogens is 1. The van der Waals surface area contributed by atoms with E-state index in [0.29, 0.717) is 16.3 Å². The molecular weight excluding hydrogens is 602 g/mol. The minimum absolute atomic E-state index is 0.0501. The van der Waals surface area contributed by atoms with Gasteiger partial charge in [0.15, 0.2) is 0 Å². The maximum Gasteiger partial charge on any atom is 0.264 e. The molecule has 0 saturated carbocycles. The summed E-state index contributed by atoms with van der Waals surface area (Å²) in [6.45, 7) is 1.44. The largest absolute Gasteiger partial charge is 0.357 e. The van der Waals surface area contributed by atoms with Crippen LogP contribution < -0.4 is 9.62 Å². The third kappa shape index (κ3) is 8.19. The lowest BCUT2D eigenvalue weighted by atomic mass is 10.0. The molecule has 0 bridgehead atoms. The van der Waals surface area contributed by atoms with Crippen LogP contribution in [0.25, 0.3) is 0 Å². The number of hydrogen-bond donors (Lipinski definition) is 1. The van der Waals surface area contributed by atoms with Crippen LogP contribution in [0.4, 0.5) is 5.69 Å². The Kier molecular flexibility index (Phi) is 10.9. The van der Waals surface area contributed by atoms with Crippen molar-refractivity contribution in [1.29, 1.82) is 0 Å². The first kappa shape index (κ1) is 32.1. The van der Waals surface area contributed by atoms with Crippen molar-refractivity contribution in [3.05, 3.63) is 125 Å². The number of carbonyl (C=O) groups excluding carboxylic acids is 2. The normalized spacial score (nSPS) is 11.9. The molecule has 1 atom stereocenters. The smallest absolute Gasteiger partial charge is 0.264 e. The Hall–Kier alpha value is -3.79. The van der Waals surface area contributed by atoms with Crippen molar-refractivity contribution < 1.29 is 18.0 Å². The van der Waals surface area contributed by atoms with E-state index in [1.807, 2.05) is 49.6 Å². The number of likely N-dealkylation sites (N-methyl/N-ethyl adjacent to an activating group) is 1. The quantitative estimate of drug-likeness (QED) is 0.194. The van der Waals surface area contributed by atoms with Gasteiger partial charge in [-0.15, -0.1) is 11.8 Å². The topological polar surface area (TPSA) is 86.8 Å². The third-order valence-corrected chi connectivity index (χ3v) is 9.77. The molecule has 0 aliphatic heterocycles. The molecule has 0 aromatic heterocycles. The maximum absolute atomic E-state index is 14.3. The highest BCUT2D eigenvalue weighted by Crippen LogP contribution is 2.27. The first-order chi connectivity index (χ1) is 20.6. The van der Waals surface area contributed by atoms with Crippen LogP contribution in [0.5, 0.6) is 0 Å². The summed E-state index contributed by atoms with van der Waals surface area (Å²) in [5, 5.41) is 3.17. The van der Waals surface area contributed by atoms with Gasteiger partial charge in [0.1, 0.15) is 12.6 Å². The number of aryl methyl sites for hydroxylation is 1. The highest BCUT2D eigenvalue weighted by Gasteiger charge is 2.34. The molecule has 2 amide bonds. The lowest BCUT2D eigenvalue weighted by molar-refractivity contribution is -0.139. The van der Waals surface area contributed by atoms with Crippen molar-refractivity contribution in [2.24, 2.45) is 0 Å². The summed E-state index contributed by atoms with van der Waals surface area (Å²) in [5.41, 5.74) is 2.86. The fourth-order valence-electron chi connectivity index (χ4n) is 4.67. The van der Waals surface area contributed by atoms with E-state index >= 15 is 0 Å². The average molecular weight is 636 g/mol. The van der Waals surface area contributed by atoms with Gasteiger partial charge in [0.25, 0.3) is 10.0 Å². The van der Waals surface area contributed by atoms with E-state index in [1.165, 1.54) is 23.7 Å². The van der Waals surface area contributed by atoms with Crippen LogP contribution in [0.1, 0.15) is 16.7 Å². The van der Waals surface area contributed by atoms with Crippen LogP contribution in [0.15, 0.2) is 113 Å². The molecule has 0 unspecified atom stereocenters. The molecule has 224 valence electrons. The van der Waals surface area contributed by atoms with Crippen molar-refractivity contribution in [3.8, 4) is 0 Å². The molecule has 4 aromatic rings. The van der Waals surface area contributed by atoms with Gasteiger partial charge >= 0.3 is 0 Å². The van der Waals surface area contributed by atoms with Gasteiger partial charge in [-0.25, -0.2) is 8.42 Å². The number of amides is 2. The minimum atomic E-state index is -4.16. The third-order valence-electron chi connectivity index (χ3n) is 7.01. The molecule has 0 heterocycles. The van der Waals surface area contributed by atoms with Crippen molar-refractivity contribution in [2.45, 2.75) is 35.7 Å². The molecule has 0 aliphatic carbocycles. The molecular formula is C33H34ClN3O4S2. The molecule has 0 saturated heterocycles. The Morgan fingerprint density at radius 1 is 0.884 bits per heavy atom. The van der Waals surface area contributed by atoms with Crippen molar-refractivity contribution in [3.63, 3.8) is 0 Å². The fourth-order valence-corrected chi connectivity index (χ4v) is 6.70. The van der Waals surface area contributed by atoms with E-state index in [4.69, 9.17) is 11.6 Å². The van der Waals surface area contributed by atoms with E-state index in [0.717, 1.165) is 20.3 Å². The Morgan fingerprint density at radius 3 is 2.14 bits per heavy atom. The fraction of sp³-hybridized carbons (Fsp3) is 0.212. The van der Waals surface area contributed by atoms with Gasteiger partial charge in [0.05, 0.1) is 10.6 Å². The number of carbonyl (C=O) groups is 2. The predicted molar refractivity (Wildman–Crippen MR) is 174 cm³/mol. The molecule has 4 rings (SSSR count). The summed E-state index contributed by atoms with van der Waals surface area (Å²) < 4.78 is 29.3. The van der Waals surface area contributed by atoms with Crippen LogP contribution in [-0.4, -0.2) is 51.0 Å². The SMILES string of the molecule is CNC(=O)[C@@H](Cc1ccccc1)N(Cc1cccc(Cl)c1)C(=O)CN(c1ccc(C)cc1)S(=O)(=O)c1ccc(SC)cc1. The zero-order valence-electron chi connectivity index (χ0n) is 24.2. The van der Waals surface area contributed by atoms with Gasteiger partial charge in [-0.1, -0.05) is 71.8 Å². The Labute approximate surface area is 262 Å². The van der Waals surface area contributed by atoms with E-state index in [9.17, 15) is 18.0 Å². The zero-order chi connectivity index (χ0) is 31.0. The Morgan fingerprint density at radius 2 is 1.53 bits per heavy atom. The van der Waals surface area contributed by atoms with E-state index in [-0.39, 0.29) is 23.8 Å². The second-order valence-electron chi connectivity index (χ2n) is 9.99. The van der Waals surface area contributed by atoms with Gasteiger partial charge in [0, 0.05) is 29.9 Å². The van der Waals surface area contributed by atoms with E-state index < -0.39 is 28.5 Å². The highest BCUT2D eigenvalue weighted by molar-refractivity contribution is 7.98. The standard InChI is InChI=1S/C33H34ClN3O4S2/c1-24-12-14-28(15-13-24)37(43(40,41)30-18-16-29(42-3)17-19-30)23-32(38)36(22-26-10-7-11-27(34)20-26)31(33(39)35-2)21-25-8-5-4-6-9-25/h4-20,31H,21-23H2,1-3H3,(H,35,39)/t31-/m1/s1. The van der Waals surface area contributed by atoms with Gasteiger partial charge in [-0.05, 0) is 72.8 Å². The number of thioether (sulfide) groups is 1. The lowest BCUT2D eigenvalue weighted by Crippen LogP contribution is -2.53. The molecule has 1 N–H and O–H groups in total. The first-order valence-electron chi connectivity index (χ1n) is 13.6. The molecule has 4 aromatic carbocycles. The van der Waals surface area contributed by atoms with E-state index in [2.05, 4.69) is 5.32 Å². The van der Waals surface area contributed by atoms with E-state index in [1.54, 1.807) is 66.7 Å². The number of nitrogens with zero attached hydrogens (tertiary/aromatic N) is 2. The maximum atomic E-state index is 14.3. The zero-order valence-corrected chi connectivity index (χ0v) is 26.6. The van der Waals surface area contributed by atoms with Crippen LogP contribution in [0, 0.1) is 6.92 Å². The number of rotatable bonds is 12.